The van der Waals surface area contributed by atoms with Gasteiger partial charge in [0.15, 0.2) is 5.96 Å². The molecule has 0 fully saturated rings. The van der Waals surface area contributed by atoms with E-state index < -0.39 is 5.60 Å². The van der Waals surface area contributed by atoms with Crippen LogP contribution in [0.5, 0.6) is 0 Å². The summed E-state index contributed by atoms with van der Waals surface area (Å²) in [5.41, 5.74) is 0.241. The molecule has 23 heavy (non-hydrogen) atoms. The predicted octanol–water partition coefficient (Wildman–Crippen LogP) is 2.84. The second-order valence-electron chi connectivity index (χ2n) is 5.77. The largest absolute Gasteiger partial charge is 0.459 e. The van der Waals surface area contributed by atoms with Gasteiger partial charge in [-0.25, -0.2) is 9.38 Å². The van der Waals surface area contributed by atoms with Crippen molar-refractivity contribution < 1.29 is 13.9 Å². The van der Waals surface area contributed by atoms with Crippen LogP contribution in [0.25, 0.3) is 0 Å². The lowest BCUT2D eigenvalue weighted by Gasteiger charge is -2.20. The van der Waals surface area contributed by atoms with Crippen LogP contribution in [0.4, 0.5) is 4.39 Å². The summed E-state index contributed by atoms with van der Waals surface area (Å²) < 4.78 is 18.3. The maximum atomic E-state index is 13.1. The van der Waals surface area contributed by atoms with Crippen LogP contribution in [-0.4, -0.2) is 30.6 Å². The van der Waals surface area contributed by atoms with E-state index in [-0.39, 0.29) is 42.3 Å². The van der Waals surface area contributed by atoms with E-state index in [1.165, 1.54) is 12.1 Å². The quantitative estimate of drug-likeness (QED) is 0.322. The zero-order valence-electron chi connectivity index (χ0n) is 14.0. The molecule has 0 aliphatic carbocycles. The Hall–Kier alpha value is -1.38. The number of halogens is 2. The van der Waals surface area contributed by atoms with Crippen molar-refractivity contribution in [2.75, 3.05) is 13.1 Å². The van der Waals surface area contributed by atoms with Gasteiger partial charge in [-0.1, -0.05) is 12.1 Å². The number of carbonyl (C=O) groups is 1. The molecule has 130 valence electrons. The molecule has 0 aliphatic heterocycles. The normalized spacial score (nSPS) is 11.4. The molecule has 1 rings (SSSR count). The molecule has 0 saturated carbocycles. The van der Waals surface area contributed by atoms with Crippen LogP contribution >= 0.6 is 24.0 Å². The van der Waals surface area contributed by atoms with Gasteiger partial charge < -0.3 is 15.4 Å². The molecule has 7 heteroatoms. The van der Waals surface area contributed by atoms with Crippen LogP contribution in [0.1, 0.15) is 33.3 Å². The van der Waals surface area contributed by atoms with E-state index in [1.54, 1.807) is 12.1 Å². The third kappa shape index (κ3) is 10.1. The number of esters is 1. The molecule has 0 saturated heterocycles. The number of benzene rings is 1. The maximum absolute atomic E-state index is 13.1. The summed E-state index contributed by atoms with van der Waals surface area (Å²) in [7, 11) is 0. The molecule has 0 atom stereocenters. The Bertz CT molecular complexity index is 530. The van der Waals surface area contributed by atoms with E-state index in [0.717, 1.165) is 5.56 Å². The van der Waals surface area contributed by atoms with Gasteiger partial charge in [0.05, 0.1) is 6.54 Å². The van der Waals surface area contributed by atoms with Crippen LogP contribution < -0.4 is 10.6 Å². The second kappa shape index (κ2) is 10.4. The first-order valence-electron chi connectivity index (χ1n) is 7.28. The Labute approximate surface area is 154 Å². The number of hydrogen-bond acceptors (Lipinski definition) is 3. The van der Waals surface area contributed by atoms with Gasteiger partial charge in [-0.05, 0) is 45.4 Å². The molecule has 1 aromatic rings. The summed E-state index contributed by atoms with van der Waals surface area (Å²) in [6.45, 7) is 8.36. The van der Waals surface area contributed by atoms with Crippen molar-refractivity contribution in [3.05, 3.63) is 35.6 Å². The number of nitrogens with zero attached hydrogens (tertiary/aromatic N) is 1. The van der Waals surface area contributed by atoms with Gasteiger partial charge >= 0.3 is 5.97 Å². The fraction of sp³-hybridized carbons (Fsp3) is 0.500. The number of hydrogen-bond donors (Lipinski definition) is 2. The summed E-state index contributed by atoms with van der Waals surface area (Å²) in [4.78, 5) is 16.0. The fourth-order valence-corrected chi connectivity index (χ4v) is 1.68. The van der Waals surface area contributed by atoms with Crippen molar-refractivity contribution in [1.82, 2.24) is 10.6 Å². The number of rotatable bonds is 5. The van der Waals surface area contributed by atoms with Crippen molar-refractivity contribution >= 4 is 35.9 Å². The van der Waals surface area contributed by atoms with E-state index in [0.29, 0.717) is 19.0 Å². The van der Waals surface area contributed by atoms with E-state index >= 15 is 0 Å². The highest BCUT2D eigenvalue weighted by Gasteiger charge is 2.16. The van der Waals surface area contributed by atoms with E-state index in [4.69, 9.17) is 4.74 Å². The van der Waals surface area contributed by atoms with Gasteiger partial charge in [-0.15, -0.1) is 24.0 Å². The Morgan fingerprint density at radius 3 is 2.57 bits per heavy atom. The summed E-state index contributed by atoms with van der Waals surface area (Å²) >= 11 is 0. The summed E-state index contributed by atoms with van der Waals surface area (Å²) in [6, 6.07) is 6.26. The van der Waals surface area contributed by atoms with Crippen molar-refractivity contribution in [3.8, 4) is 0 Å². The average Bonchev–Trinajstić information content (AvgIpc) is 2.40. The lowest BCUT2D eigenvalue weighted by atomic mass is 10.2. The third-order valence-electron chi connectivity index (χ3n) is 2.47. The number of guanidine groups is 1. The average molecular weight is 437 g/mol. The molecule has 0 heterocycles. The van der Waals surface area contributed by atoms with Crippen LogP contribution in [-0.2, 0) is 16.1 Å². The minimum atomic E-state index is -0.518. The smallest absolute Gasteiger partial charge is 0.325 e. The molecule has 0 aromatic heterocycles. The van der Waals surface area contributed by atoms with Crippen LogP contribution in [0, 0.1) is 5.82 Å². The Kier molecular flexibility index (Phi) is 9.78. The maximum Gasteiger partial charge on any atom is 0.325 e. The standard InChI is InChI=1S/C16H24FN3O2.HI/c1-5-18-15(20-11-14(21)22-16(2,3)4)19-10-12-7-6-8-13(17)9-12;/h6-9H,5,10-11H2,1-4H3,(H2,18,19,20);1H. The predicted molar refractivity (Wildman–Crippen MR) is 100 cm³/mol. The van der Waals surface area contributed by atoms with Gasteiger partial charge in [0.2, 0.25) is 0 Å². The third-order valence-corrected chi connectivity index (χ3v) is 2.47. The first-order chi connectivity index (χ1) is 10.3. The van der Waals surface area contributed by atoms with E-state index in [9.17, 15) is 9.18 Å². The minimum absolute atomic E-state index is 0. The van der Waals surface area contributed by atoms with Crippen molar-refractivity contribution in [3.63, 3.8) is 0 Å². The van der Waals surface area contributed by atoms with Gasteiger partial charge in [0.1, 0.15) is 18.0 Å². The van der Waals surface area contributed by atoms with Gasteiger partial charge in [-0.2, -0.15) is 0 Å². The van der Waals surface area contributed by atoms with Crippen LogP contribution in [0.2, 0.25) is 0 Å². The Balaban J connectivity index is 0.00000484. The van der Waals surface area contributed by atoms with Crippen molar-refractivity contribution in [2.45, 2.75) is 39.8 Å². The van der Waals surface area contributed by atoms with E-state index in [2.05, 4.69) is 15.6 Å². The zero-order valence-corrected chi connectivity index (χ0v) is 16.3. The lowest BCUT2D eigenvalue weighted by molar-refractivity contribution is -0.153. The second-order valence-corrected chi connectivity index (χ2v) is 5.77. The Morgan fingerprint density at radius 1 is 1.30 bits per heavy atom. The number of ether oxygens (including phenoxy) is 1. The Morgan fingerprint density at radius 2 is 2.00 bits per heavy atom. The van der Waals surface area contributed by atoms with Gasteiger partial charge in [0.25, 0.3) is 0 Å². The molecule has 0 bridgehead atoms. The fourth-order valence-electron chi connectivity index (χ4n) is 1.68. The molecule has 5 nitrogen and oxygen atoms in total. The lowest BCUT2D eigenvalue weighted by Crippen LogP contribution is -2.41. The van der Waals surface area contributed by atoms with Crippen molar-refractivity contribution in [2.24, 2.45) is 4.99 Å². The molecule has 0 radical (unpaired) electrons. The highest BCUT2D eigenvalue weighted by molar-refractivity contribution is 14.0. The number of carbonyl (C=O) groups excluding carboxylic acids is 1. The number of nitrogens with one attached hydrogen (secondary N) is 2. The monoisotopic (exact) mass is 437 g/mol. The molecular formula is C16H25FIN3O2. The van der Waals surface area contributed by atoms with E-state index in [1.807, 2.05) is 27.7 Å². The van der Waals surface area contributed by atoms with Gasteiger partial charge in [-0.3, -0.25) is 4.79 Å². The highest BCUT2D eigenvalue weighted by atomic mass is 127. The molecule has 1 aromatic carbocycles. The summed E-state index contributed by atoms with van der Waals surface area (Å²) in [5, 5.41) is 5.92. The highest BCUT2D eigenvalue weighted by Crippen LogP contribution is 2.06. The van der Waals surface area contributed by atoms with Gasteiger partial charge in [0, 0.05) is 6.54 Å². The summed E-state index contributed by atoms with van der Waals surface area (Å²) in [6.07, 6.45) is 0. The molecule has 0 unspecified atom stereocenters. The first kappa shape index (κ1) is 21.6. The minimum Gasteiger partial charge on any atom is -0.459 e. The molecule has 0 aliphatic rings. The van der Waals surface area contributed by atoms with Crippen LogP contribution in [0.3, 0.4) is 0 Å². The molecular weight excluding hydrogens is 412 g/mol. The SMILES string of the molecule is CCNC(=NCc1cccc(F)c1)NCC(=O)OC(C)(C)C.I. The molecule has 2 N–H and O–H groups in total. The van der Waals surface area contributed by atoms with Crippen LogP contribution in [0.15, 0.2) is 29.3 Å². The molecule has 0 amide bonds. The first-order valence-corrected chi connectivity index (χ1v) is 7.28. The topological polar surface area (TPSA) is 62.7 Å². The molecule has 0 spiro atoms. The number of aliphatic imine (C=N–C) groups is 1. The summed E-state index contributed by atoms with van der Waals surface area (Å²) in [5.74, 6) is -0.166. The van der Waals surface area contributed by atoms with Crippen molar-refractivity contribution in [1.29, 1.82) is 0 Å². The zero-order chi connectivity index (χ0) is 16.6.